The number of benzene rings is 1. The van der Waals surface area contributed by atoms with Gasteiger partial charge in [0, 0.05) is 6.92 Å². The zero-order valence-corrected chi connectivity index (χ0v) is 7.01. The Morgan fingerprint density at radius 3 is 1.18 bits per heavy atom. The summed E-state index contributed by atoms with van der Waals surface area (Å²) in [7, 11) is 0. The first-order valence-corrected chi connectivity index (χ1v) is 3.27. The molecule has 0 bridgehead atoms. The van der Waals surface area contributed by atoms with Gasteiger partial charge in [-0.3, -0.25) is 4.79 Å². The third-order valence-corrected chi connectivity index (χ3v) is 0.667. The summed E-state index contributed by atoms with van der Waals surface area (Å²) >= 11 is 4.64. The van der Waals surface area contributed by atoms with Gasteiger partial charge < -0.3 is 5.48 Å². The van der Waals surface area contributed by atoms with E-state index in [0.29, 0.717) is 0 Å². The average Bonchev–Trinajstić information content (AvgIpc) is 1.90. The van der Waals surface area contributed by atoms with E-state index in [9.17, 15) is 4.79 Å². The molecule has 0 amide bonds. The topological polar surface area (TPSA) is 48.6 Å². The summed E-state index contributed by atoms with van der Waals surface area (Å²) in [6.07, 6.45) is 0. The van der Waals surface area contributed by atoms with Crippen LogP contribution >= 0.6 is 11.6 Å². The van der Waals surface area contributed by atoms with Gasteiger partial charge in [-0.15, -0.1) is 0 Å². The molecule has 0 saturated carbocycles. The van der Waals surface area contributed by atoms with Crippen LogP contribution in [0, 0.1) is 0 Å². The van der Waals surface area contributed by atoms with Gasteiger partial charge in [0.1, 0.15) is 0 Å². The maximum absolute atomic E-state index is 9.21. The predicted octanol–water partition coefficient (Wildman–Crippen LogP) is 1.63. The van der Waals surface area contributed by atoms with Crippen LogP contribution in [-0.4, -0.2) is 10.7 Å². The number of hydrogen-bond donors (Lipinski definition) is 0. The lowest BCUT2D eigenvalue weighted by molar-refractivity contribution is -0.109. The molecule has 0 spiro atoms. The van der Waals surface area contributed by atoms with Crippen LogP contribution in [0.15, 0.2) is 36.4 Å². The van der Waals surface area contributed by atoms with Crippen molar-refractivity contribution in [1.82, 2.24) is 0 Å². The molecule has 2 N–H and O–H groups in total. The van der Waals surface area contributed by atoms with Crippen molar-refractivity contribution < 1.29 is 10.3 Å². The van der Waals surface area contributed by atoms with Crippen LogP contribution in [-0.2, 0) is 4.79 Å². The third kappa shape index (κ3) is 17.6. The Labute approximate surface area is 71.1 Å². The molecule has 1 aromatic rings. The van der Waals surface area contributed by atoms with Gasteiger partial charge in [0.2, 0.25) is 5.24 Å². The van der Waals surface area contributed by atoms with E-state index in [2.05, 4.69) is 11.6 Å². The summed E-state index contributed by atoms with van der Waals surface area (Å²) in [5.74, 6) is 0. The van der Waals surface area contributed by atoms with Gasteiger partial charge in [-0.2, -0.15) is 0 Å². The van der Waals surface area contributed by atoms with Crippen molar-refractivity contribution in [3.05, 3.63) is 36.4 Å². The smallest absolute Gasteiger partial charge is 0.218 e. The third-order valence-electron chi connectivity index (χ3n) is 0.667. The van der Waals surface area contributed by atoms with E-state index in [1.54, 1.807) is 0 Å². The molecular formula is C8H11ClO2. The minimum atomic E-state index is -0.361. The highest BCUT2D eigenvalue weighted by Crippen LogP contribution is 1.79. The first-order valence-electron chi connectivity index (χ1n) is 2.89. The summed E-state index contributed by atoms with van der Waals surface area (Å²) in [6.45, 7) is 1.29. The molecule has 0 aromatic heterocycles. The van der Waals surface area contributed by atoms with Crippen LogP contribution in [0.1, 0.15) is 6.92 Å². The summed E-state index contributed by atoms with van der Waals surface area (Å²) in [4.78, 5) is 9.21. The molecule has 0 unspecified atom stereocenters. The molecule has 1 rings (SSSR count). The van der Waals surface area contributed by atoms with Gasteiger partial charge in [-0.1, -0.05) is 36.4 Å². The van der Waals surface area contributed by atoms with E-state index in [0.717, 1.165) is 0 Å². The minimum absolute atomic E-state index is 0. The molecule has 2 nitrogen and oxygen atoms in total. The maximum atomic E-state index is 9.21. The van der Waals surface area contributed by atoms with E-state index < -0.39 is 0 Å². The second-order valence-corrected chi connectivity index (χ2v) is 2.16. The molecule has 0 radical (unpaired) electrons. The van der Waals surface area contributed by atoms with Gasteiger partial charge in [-0.25, -0.2) is 0 Å². The SMILES string of the molecule is CC(=O)Cl.O.c1ccccc1. The Balaban J connectivity index is 0. The standard InChI is InChI=1S/C6H6.C2H3ClO.H2O/c1-2-4-6-5-3-1;1-2(3)4;/h1-6H;1H3;1H2. The zero-order chi connectivity index (χ0) is 7.82. The van der Waals surface area contributed by atoms with Gasteiger partial charge >= 0.3 is 0 Å². The molecular weight excluding hydrogens is 164 g/mol. The van der Waals surface area contributed by atoms with E-state index in [-0.39, 0.29) is 10.7 Å². The molecule has 0 aliphatic carbocycles. The van der Waals surface area contributed by atoms with Crippen molar-refractivity contribution in [2.45, 2.75) is 6.92 Å². The van der Waals surface area contributed by atoms with Crippen LogP contribution < -0.4 is 0 Å². The Morgan fingerprint density at radius 2 is 1.09 bits per heavy atom. The van der Waals surface area contributed by atoms with E-state index >= 15 is 0 Å². The summed E-state index contributed by atoms with van der Waals surface area (Å²) in [6, 6.07) is 12.0. The van der Waals surface area contributed by atoms with Crippen LogP contribution in [0.5, 0.6) is 0 Å². The largest absolute Gasteiger partial charge is 0.412 e. The molecule has 0 saturated heterocycles. The second kappa shape index (κ2) is 9.14. The fourth-order valence-corrected chi connectivity index (χ4v) is 0.385. The zero-order valence-electron chi connectivity index (χ0n) is 6.25. The normalized spacial score (nSPS) is 6.73. The monoisotopic (exact) mass is 174 g/mol. The molecule has 11 heavy (non-hydrogen) atoms. The molecule has 3 heteroatoms. The molecule has 1 aromatic carbocycles. The van der Waals surface area contributed by atoms with E-state index in [4.69, 9.17) is 0 Å². The maximum Gasteiger partial charge on any atom is 0.218 e. The number of hydrogen-bond acceptors (Lipinski definition) is 1. The number of halogens is 1. The Morgan fingerprint density at radius 1 is 1.00 bits per heavy atom. The van der Waals surface area contributed by atoms with E-state index in [1.807, 2.05) is 36.4 Å². The molecule has 0 aliphatic rings. The molecule has 0 fully saturated rings. The fourth-order valence-electron chi connectivity index (χ4n) is 0.385. The second-order valence-electron chi connectivity index (χ2n) is 1.62. The van der Waals surface area contributed by atoms with Crippen LogP contribution in [0.4, 0.5) is 0 Å². The van der Waals surface area contributed by atoms with Crippen molar-refractivity contribution in [2.75, 3.05) is 0 Å². The first-order chi connectivity index (χ1) is 4.73. The van der Waals surface area contributed by atoms with Crippen molar-refractivity contribution in [2.24, 2.45) is 0 Å². The lowest BCUT2D eigenvalue weighted by Crippen LogP contribution is -1.62. The Bertz CT molecular complexity index is 144. The van der Waals surface area contributed by atoms with Crippen LogP contribution in [0.25, 0.3) is 0 Å². The Kier molecular flexibility index (Phi) is 10.6. The molecule has 0 aliphatic heterocycles. The van der Waals surface area contributed by atoms with Crippen LogP contribution in [0.2, 0.25) is 0 Å². The highest BCUT2D eigenvalue weighted by Gasteiger charge is 1.67. The summed E-state index contributed by atoms with van der Waals surface area (Å²) in [5.41, 5.74) is 0. The fraction of sp³-hybridized carbons (Fsp3) is 0.125. The average molecular weight is 175 g/mol. The van der Waals surface area contributed by atoms with Crippen molar-refractivity contribution >= 4 is 16.8 Å². The van der Waals surface area contributed by atoms with Crippen molar-refractivity contribution in [3.8, 4) is 0 Å². The van der Waals surface area contributed by atoms with Gasteiger partial charge in [-0.05, 0) is 11.6 Å². The quantitative estimate of drug-likeness (QED) is 0.552. The lowest BCUT2D eigenvalue weighted by atomic mass is 10.4. The number of carbonyl (C=O) groups is 1. The number of rotatable bonds is 0. The predicted molar refractivity (Wildman–Crippen MR) is 46.6 cm³/mol. The lowest BCUT2D eigenvalue weighted by Gasteiger charge is -1.69. The minimum Gasteiger partial charge on any atom is -0.412 e. The summed E-state index contributed by atoms with van der Waals surface area (Å²) < 4.78 is 0. The van der Waals surface area contributed by atoms with E-state index in [1.165, 1.54) is 6.92 Å². The van der Waals surface area contributed by atoms with Gasteiger partial charge in [0.15, 0.2) is 0 Å². The molecule has 0 heterocycles. The molecule has 0 atom stereocenters. The molecule has 62 valence electrons. The Hall–Kier alpha value is -0.860. The summed E-state index contributed by atoms with van der Waals surface area (Å²) in [5, 5.41) is -0.361. The number of carbonyl (C=O) groups excluding carboxylic acids is 1. The van der Waals surface area contributed by atoms with Crippen molar-refractivity contribution in [3.63, 3.8) is 0 Å². The highest BCUT2D eigenvalue weighted by atomic mass is 35.5. The van der Waals surface area contributed by atoms with Gasteiger partial charge in [0.25, 0.3) is 0 Å². The van der Waals surface area contributed by atoms with Crippen molar-refractivity contribution in [1.29, 1.82) is 0 Å². The van der Waals surface area contributed by atoms with Gasteiger partial charge in [0.05, 0.1) is 0 Å². The highest BCUT2D eigenvalue weighted by molar-refractivity contribution is 6.62. The van der Waals surface area contributed by atoms with Crippen LogP contribution in [0.3, 0.4) is 0 Å². The first kappa shape index (κ1) is 12.8.